The maximum atomic E-state index is 5.79. The van der Waals surface area contributed by atoms with Crippen molar-refractivity contribution in [1.29, 1.82) is 0 Å². The van der Waals surface area contributed by atoms with E-state index < -0.39 is 0 Å². The Morgan fingerprint density at radius 2 is 1.53 bits per heavy atom. The van der Waals surface area contributed by atoms with Gasteiger partial charge in [0, 0.05) is 13.5 Å². The SMILES string of the molecule is CCCCCCCCCC(OC)Oc1ccccc1. The molecule has 0 aliphatic carbocycles. The highest BCUT2D eigenvalue weighted by atomic mass is 16.7. The molecule has 19 heavy (non-hydrogen) atoms. The fourth-order valence-corrected chi connectivity index (χ4v) is 2.14. The van der Waals surface area contributed by atoms with E-state index in [2.05, 4.69) is 6.92 Å². The van der Waals surface area contributed by atoms with Crippen LogP contribution in [0, 0.1) is 0 Å². The number of rotatable bonds is 11. The Balaban J connectivity index is 2.09. The molecule has 1 unspecified atom stereocenters. The van der Waals surface area contributed by atoms with Crippen molar-refractivity contribution in [3.8, 4) is 5.75 Å². The lowest BCUT2D eigenvalue weighted by atomic mass is 10.1. The van der Waals surface area contributed by atoms with Crippen LogP contribution in [0.15, 0.2) is 30.3 Å². The van der Waals surface area contributed by atoms with Crippen molar-refractivity contribution in [2.75, 3.05) is 7.11 Å². The van der Waals surface area contributed by atoms with Crippen molar-refractivity contribution in [3.63, 3.8) is 0 Å². The maximum Gasteiger partial charge on any atom is 0.199 e. The number of unbranched alkanes of at least 4 members (excludes halogenated alkanes) is 6. The standard InChI is InChI=1S/C17H28O2/c1-3-4-5-6-7-8-12-15-17(18-2)19-16-13-10-9-11-14-16/h9-11,13-14,17H,3-8,12,15H2,1-2H3. The van der Waals surface area contributed by atoms with Gasteiger partial charge in [0.15, 0.2) is 6.29 Å². The van der Waals surface area contributed by atoms with Crippen LogP contribution in [0.1, 0.15) is 58.3 Å². The molecule has 2 nitrogen and oxygen atoms in total. The zero-order valence-corrected chi connectivity index (χ0v) is 12.4. The van der Waals surface area contributed by atoms with Crippen LogP contribution in [0.5, 0.6) is 5.75 Å². The lowest BCUT2D eigenvalue weighted by molar-refractivity contribution is -0.0594. The molecule has 0 fully saturated rings. The first kappa shape index (κ1) is 16.0. The Morgan fingerprint density at radius 1 is 0.895 bits per heavy atom. The molecule has 1 atom stereocenters. The average Bonchev–Trinajstić information content (AvgIpc) is 2.46. The molecule has 0 heterocycles. The molecule has 1 aromatic carbocycles. The largest absolute Gasteiger partial charge is 0.465 e. The van der Waals surface area contributed by atoms with Crippen LogP contribution in [-0.2, 0) is 4.74 Å². The maximum absolute atomic E-state index is 5.79. The summed E-state index contributed by atoms with van der Waals surface area (Å²) in [6.07, 6.45) is 10.1. The van der Waals surface area contributed by atoms with E-state index in [-0.39, 0.29) is 6.29 Å². The number of ether oxygens (including phenoxy) is 2. The van der Waals surface area contributed by atoms with Gasteiger partial charge in [-0.1, -0.05) is 63.6 Å². The van der Waals surface area contributed by atoms with Crippen molar-refractivity contribution < 1.29 is 9.47 Å². The second-order valence-corrected chi connectivity index (χ2v) is 5.01. The van der Waals surface area contributed by atoms with Crippen molar-refractivity contribution >= 4 is 0 Å². The Hall–Kier alpha value is -1.02. The van der Waals surface area contributed by atoms with Gasteiger partial charge in [-0.2, -0.15) is 0 Å². The van der Waals surface area contributed by atoms with Gasteiger partial charge in [0.25, 0.3) is 0 Å². The highest BCUT2D eigenvalue weighted by molar-refractivity contribution is 5.20. The Kier molecular flexibility index (Phi) is 9.17. The minimum absolute atomic E-state index is 0.113. The lowest BCUT2D eigenvalue weighted by Crippen LogP contribution is -2.18. The van der Waals surface area contributed by atoms with Gasteiger partial charge in [0.05, 0.1) is 0 Å². The van der Waals surface area contributed by atoms with Crippen molar-refractivity contribution in [3.05, 3.63) is 30.3 Å². The van der Waals surface area contributed by atoms with E-state index in [1.54, 1.807) is 7.11 Å². The number of hydrogen-bond donors (Lipinski definition) is 0. The summed E-state index contributed by atoms with van der Waals surface area (Å²) in [6.45, 7) is 2.25. The molecule has 0 saturated carbocycles. The minimum atomic E-state index is -0.113. The summed E-state index contributed by atoms with van der Waals surface area (Å²) in [4.78, 5) is 0. The third kappa shape index (κ3) is 7.89. The molecule has 0 amide bonds. The summed E-state index contributed by atoms with van der Waals surface area (Å²) in [5.74, 6) is 0.886. The summed E-state index contributed by atoms with van der Waals surface area (Å²) >= 11 is 0. The van der Waals surface area contributed by atoms with E-state index in [4.69, 9.17) is 9.47 Å². The third-order valence-electron chi connectivity index (χ3n) is 3.32. The molecule has 0 radical (unpaired) electrons. The zero-order chi connectivity index (χ0) is 13.8. The van der Waals surface area contributed by atoms with Crippen LogP contribution in [0.2, 0.25) is 0 Å². The molecule has 1 rings (SSSR count). The monoisotopic (exact) mass is 264 g/mol. The van der Waals surface area contributed by atoms with E-state index in [9.17, 15) is 0 Å². The van der Waals surface area contributed by atoms with Gasteiger partial charge in [-0.25, -0.2) is 0 Å². The normalized spacial score (nSPS) is 12.3. The molecule has 0 bridgehead atoms. The topological polar surface area (TPSA) is 18.5 Å². The molecule has 1 aromatic rings. The number of methoxy groups -OCH3 is 1. The molecule has 2 heteroatoms. The van der Waals surface area contributed by atoms with Gasteiger partial charge >= 0.3 is 0 Å². The fourth-order valence-electron chi connectivity index (χ4n) is 2.14. The smallest absolute Gasteiger partial charge is 0.199 e. The number of hydrogen-bond acceptors (Lipinski definition) is 2. The first-order valence-corrected chi connectivity index (χ1v) is 7.61. The molecule has 0 saturated heterocycles. The summed E-state index contributed by atoms with van der Waals surface area (Å²) in [7, 11) is 1.72. The summed E-state index contributed by atoms with van der Waals surface area (Å²) in [5.41, 5.74) is 0. The van der Waals surface area contributed by atoms with Crippen LogP contribution in [0.3, 0.4) is 0 Å². The van der Waals surface area contributed by atoms with E-state index in [0.29, 0.717) is 0 Å². The van der Waals surface area contributed by atoms with Gasteiger partial charge < -0.3 is 9.47 Å². The predicted octanol–water partition coefficient (Wildman–Crippen LogP) is 5.18. The molecular formula is C17H28O2. The van der Waals surface area contributed by atoms with Crippen molar-refractivity contribution in [2.45, 2.75) is 64.6 Å². The first-order valence-electron chi connectivity index (χ1n) is 7.61. The Bertz CT molecular complexity index is 297. The average molecular weight is 264 g/mol. The van der Waals surface area contributed by atoms with Crippen LogP contribution in [0.4, 0.5) is 0 Å². The van der Waals surface area contributed by atoms with Crippen molar-refractivity contribution in [1.82, 2.24) is 0 Å². The Morgan fingerprint density at radius 3 is 2.16 bits per heavy atom. The molecule has 108 valence electrons. The Labute approximate surface area is 118 Å². The predicted molar refractivity (Wildman–Crippen MR) is 80.5 cm³/mol. The molecule has 0 aliphatic heterocycles. The second kappa shape index (κ2) is 10.9. The summed E-state index contributed by atoms with van der Waals surface area (Å²) < 4.78 is 11.2. The molecule has 0 spiro atoms. The second-order valence-electron chi connectivity index (χ2n) is 5.01. The summed E-state index contributed by atoms with van der Waals surface area (Å²) in [5, 5.41) is 0. The van der Waals surface area contributed by atoms with Gasteiger partial charge in [-0.3, -0.25) is 0 Å². The van der Waals surface area contributed by atoms with Gasteiger partial charge in [0.2, 0.25) is 0 Å². The van der Waals surface area contributed by atoms with Crippen LogP contribution >= 0.6 is 0 Å². The molecular weight excluding hydrogens is 236 g/mol. The molecule has 0 N–H and O–H groups in total. The minimum Gasteiger partial charge on any atom is -0.465 e. The highest BCUT2D eigenvalue weighted by Gasteiger charge is 2.08. The third-order valence-corrected chi connectivity index (χ3v) is 3.32. The van der Waals surface area contributed by atoms with E-state index in [0.717, 1.165) is 12.2 Å². The fraction of sp³-hybridized carbons (Fsp3) is 0.647. The number of benzene rings is 1. The van der Waals surface area contributed by atoms with Crippen LogP contribution in [-0.4, -0.2) is 13.4 Å². The van der Waals surface area contributed by atoms with E-state index in [1.165, 1.54) is 44.9 Å². The first-order chi connectivity index (χ1) is 9.36. The zero-order valence-electron chi connectivity index (χ0n) is 12.4. The van der Waals surface area contributed by atoms with Crippen molar-refractivity contribution in [2.24, 2.45) is 0 Å². The summed E-state index contributed by atoms with van der Waals surface area (Å²) in [6, 6.07) is 9.89. The van der Waals surface area contributed by atoms with Gasteiger partial charge in [-0.15, -0.1) is 0 Å². The lowest BCUT2D eigenvalue weighted by Gasteiger charge is -2.17. The highest BCUT2D eigenvalue weighted by Crippen LogP contribution is 2.16. The molecule has 0 aromatic heterocycles. The van der Waals surface area contributed by atoms with Crippen LogP contribution < -0.4 is 4.74 Å². The van der Waals surface area contributed by atoms with E-state index >= 15 is 0 Å². The van der Waals surface area contributed by atoms with E-state index in [1.807, 2.05) is 30.3 Å². The molecule has 0 aliphatic rings. The quantitative estimate of drug-likeness (QED) is 0.405. The van der Waals surface area contributed by atoms with Crippen LogP contribution in [0.25, 0.3) is 0 Å². The number of para-hydroxylation sites is 1. The van der Waals surface area contributed by atoms with Gasteiger partial charge in [-0.05, 0) is 18.6 Å². The van der Waals surface area contributed by atoms with Gasteiger partial charge in [0.1, 0.15) is 5.75 Å².